The number of methoxy groups -OCH3 is 1. The van der Waals surface area contributed by atoms with Crippen LogP contribution < -0.4 is 4.74 Å². The van der Waals surface area contributed by atoms with E-state index in [1.54, 1.807) is 19.2 Å². The number of rotatable bonds is 16. The lowest BCUT2D eigenvalue weighted by atomic mass is 9.95. The van der Waals surface area contributed by atoms with Crippen LogP contribution in [-0.2, 0) is 56.5 Å². The topological polar surface area (TPSA) is 75.6 Å². The average molecular weight is 673 g/mol. The number of hydrogen-bond donors (Lipinski definition) is 1. The Morgan fingerprint density at radius 3 is 1.64 bits per heavy atom. The standard InChI is InChI=1S/C43H44O7/c1-45-37-23-24-38(44)36(26-37)22-25-39-41(47-28-33-16-8-3-9-17-33)43(49-30-35-20-12-5-13-21-35)42(48-29-34-18-10-4-11-19-34)40(50-39)31-46-27-32-14-6-2-7-15-32/h2-21,23-26,40-44H,22,27-31H2,1H3/b39-25-/t40-,41+,42-,43-/m1/s1. The molecule has 4 atom stereocenters. The van der Waals surface area contributed by atoms with Crippen LogP contribution in [0.1, 0.15) is 27.8 Å². The van der Waals surface area contributed by atoms with E-state index in [4.69, 9.17) is 28.4 Å². The summed E-state index contributed by atoms with van der Waals surface area (Å²) in [4.78, 5) is 0. The predicted octanol–water partition coefficient (Wildman–Crippen LogP) is 8.20. The van der Waals surface area contributed by atoms with Crippen LogP contribution in [0, 0.1) is 0 Å². The summed E-state index contributed by atoms with van der Waals surface area (Å²) in [7, 11) is 1.61. The van der Waals surface area contributed by atoms with Crippen molar-refractivity contribution in [3.8, 4) is 11.5 Å². The van der Waals surface area contributed by atoms with E-state index in [9.17, 15) is 5.11 Å². The van der Waals surface area contributed by atoms with Crippen molar-refractivity contribution >= 4 is 0 Å². The van der Waals surface area contributed by atoms with Crippen molar-refractivity contribution < 1.29 is 33.5 Å². The van der Waals surface area contributed by atoms with Gasteiger partial charge in [0.1, 0.15) is 35.6 Å². The van der Waals surface area contributed by atoms with Gasteiger partial charge in [-0.2, -0.15) is 0 Å². The quantitative estimate of drug-likeness (QED) is 0.113. The zero-order valence-corrected chi connectivity index (χ0v) is 28.3. The Bertz CT molecular complexity index is 1750. The summed E-state index contributed by atoms with van der Waals surface area (Å²) in [6, 6.07) is 45.4. The number of phenolic OH excluding ortho intramolecular Hbond substituents is 1. The molecular formula is C43H44O7. The first-order chi connectivity index (χ1) is 24.7. The molecule has 0 aromatic heterocycles. The molecule has 0 unspecified atom stereocenters. The van der Waals surface area contributed by atoms with E-state index in [1.807, 2.05) is 133 Å². The number of aromatic hydroxyl groups is 1. The van der Waals surface area contributed by atoms with Gasteiger partial charge in [0.2, 0.25) is 0 Å². The van der Waals surface area contributed by atoms with Crippen LogP contribution in [0.2, 0.25) is 0 Å². The molecule has 1 aliphatic rings. The summed E-state index contributed by atoms with van der Waals surface area (Å²) in [6.07, 6.45) is 0.0791. The summed E-state index contributed by atoms with van der Waals surface area (Å²) in [5.74, 6) is 1.42. The molecule has 1 aliphatic heterocycles. The highest BCUT2D eigenvalue weighted by Gasteiger charge is 2.46. The average Bonchev–Trinajstić information content (AvgIpc) is 3.17. The lowest BCUT2D eigenvalue weighted by Gasteiger charge is -2.43. The van der Waals surface area contributed by atoms with Crippen LogP contribution in [0.4, 0.5) is 0 Å². The van der Waals surface area contributed by atoms with Gasteiger partial charge in [-0.3, -0.25) is 0 Å². The second kappa shape index (κ2) is 18.2. The van der Waals surface area contributed by atoms with Gasteiger partial charge in [-0.25, -0.2) is 0 Å². The van der Waals surface area contributed by atoms with Gasteiger partial charge >= 0.3 is 0 Å². The maximum Gasteiger partial charge on any atom is 0.150 e. The molecule has 7 nitrogen and oxygen atoms in total. The fraction of sp³-hybridized carbons (Fsp3) is 0.256. The number of hydrogen-bond acceptors (Lipinski definition) is 7. The molecule has 1 N–H and O–H groups in total. The van der Waals surface area contributed by atoms with E-state index in [2.05, 4.69) is 0 Å². The molecule has 258 valence electrons. The Balaban J connectivity index is 1.35. The molecule has 0 saturated carbocycles. The normalized spacial score (nSPS) is 19.6. The first-order valence-electron chi connectivity index (χ1n) is 17.0. The second-order valence-corrected chi connectivity index (χ2v) is 12.2. The van der Waals surface area contributed by atoms with Crippen LogP contribution in [-0.4, -0.2) is 43.2 Å². The fourth-order valence-corrected chi connectivity index (χ4v) is 5.93. The van der Waals surface area contributed by atoms with Gasteiger partial charge in [0.05, 0.1) is 40.1 Å². The van der Waals surface area contributed by atoms with Crippen LogP contribution in [0.5, 0.6) is 11.5 Å². The fourth-order valence-electron chi connectivity index (χ4n) is 5.93. The van der Waals surface area contributed by atoms with Crippen molar-refractivity contribution in [1.82, 2.24) is 0 Å². The largest absolute Gasteiger partial charge is 0.508 e. The minimum Gasteiger partial charge on any atom is -0.508 e. The zero-order valence-electron chi connectivity index (χ0n) is 28.3. The molecule has 50 heavy (non-hydrogen) atoms. The first kappa shape index (κ1) is 34.9. The Morgan fingerprint density at radius 2 is 1.10 bits per heavy atom. The molecular weight excluding hydrogens is 628 g/mol. The first-order valence-corrected chi connectivity index (χ1v) is 17.0. The molecule has 0 spiro atoms. The van der Waals surface area contributed by atoms with Gasteiger partial charge in [0.25, 0.3) is 0 Å². The molecule has 0 amide bonds. The third-order valence-electron chi connectivity index (χ3n) is 8.60. The van der Waals surface area contributed by atoms with E-state index in [0.717, 1.165) is 22.3 Å². The Labute approximate surface area is 294 Å². The Morgan fingerprint density at radius 1 is 0.600 bits per heavy atom. The van der Waals surface area contributed by atoms with Crippen molar-refractivity contribution in [3.05, 3.63) is 179 Å². The van der Waals surface area contributed by atoms with E-state index >= 15 is 0 Å². The maximum atomic E-state index is 10.7. The van der Waals surface area contributed by atoms with E-state index in [0.29, 0.717) is 49.9 Å². The molecule has 0 aliphatic carbocycles. The molecule has 1 heterocycles. The van der Waals surface area contributed by atoms with Crippen molar-refractivity contribution in [3.63, 3.8) is 0 Å². The molecule has 0 radical (unpaired) electrons. The van der Waals surface area contributed by atoms with E-state index in [1.165, 1.54) is 0 Å². The number of phenols is 1. The van der Waals surface area contributed by atoms with Gasteiger partial charge in [-0.05, 0) is 52.9 Å². The molecule has 5 aromatic carbocycles. The lowest BCUT2D eigenvalue weighted by Crippen LogP contribution is -2.56. The minimum absolute atomic E-state index is 0.170. The minimum atomic E-state index is -0.627. The van der Waals surface area contributed by atoms with Crippen molar-refractivity contribution in [2.45, 2.75) is 57.3 Å². The van der Waals surface area contributed by atoms with Crippen LogP contribution in [0.3, 0.4) is 0 Å². The zero-order chi connectivity index (χ0) is 34.4. The van der Waals surface area contributed by atoms with Gasteiger partial charge in [0.15, 0.2) is 6.10 Å². The SMILES string of the molecule is COc1ccc(O)c(C/C=C2\O[C@H](COCc3ccccc3)[C@@H](OCc3ccccc3)[C@H](OCc3ccccc3)[C@H]2OCc2ccccc2)c1. The molecule has 5 aromatic rings. The maximum absolute atomic E-state index is 10.7. The Kier molecular flexibility index (Phi) is 12.7. The van der Waals surface area contributed by atoms with Crippen LogP contribution in [0.25, 0.3) is 0 Å². The monoisotopic (exact) mass is 672 g/mol. The van der Waals surface area contributed by atoms with E-state index in [-0.39, 0.29) is 12.4 Å². The van der Waals surface area contributed by atoms with Crippen molar-refractivity contribution in [2.75, 3.05) is 13.7 Å². The third-order valence-corrected chi connectivity index (χ3v) is 8.60. The van der Waals surface area contributed by atoms with Gasteiger partial charge in [0, 0.05) is 5.56 Å². The lowest BCUT2D eigenvalue weighted by molar-refractivity contribution is -0.223. The van der Waals surface area contributed by atoms with E-state index < -0.39 is 24.4 Å². The highest BCUT2D eigenvalue weighted by atomic mass is 16.6. The molecule has 1 saturated heterocycles. The molecule has 1 fully saturated rings. The van der Waals surface area contributed by atoms with Crippen LogP contribution in [0.15, 0.2) is 151 Å². The molecule has 0 bridgehead atoms. The summed E-state index contributed by atoms with van der Waals surface area (Å²) in [6.45, 7) is 1.72. The summed E-state index contributed by atoms with van der Waals surface area (Å²) >= 11 is 0. The predicted molar refractivity (Wildman–Crippen MR) is 192 cm³/mol. The van der Waals surface area contributed by atoms with Crippen molar-refractivity contribution in [1.29, 1.82) is 0 Å². The number of benzene rings is 5. The summed E-state index contributed by atoms with van der Waals surface area (Å²) in [5, 5.41) is 10.7. The third kappa shape index (κ3) is 9.83. The van der Waals surface area contributed by atoms with Gasteiger partial charge in [-0.15, -0.1) is 0 Å². The highest BCUT2D eigenvalue weighted by molar-refractivity contribution is 5.40. The highest BCUT2D eigenvalue weighted by Crippen LogP contribution is 2.34. The number of allylic oxidation sites excluding steroid dienone is 1. The smallest absolute Gasteiger partial charge is 0.150 e. The Hall–Kier alpha value is -4.92. The van der Waals surface area contributed by atoms with Gasteiger partial charge in [-0.1, -0.05) is 121 Å². The number of ether oxygens (including phenoxy) is 6. The van der Waals surface area contributed by atoms with Crippen LogP contribution >= 0.6 is 0 Å². The summed E-state index contributed by atoms with van der Waals surface area (Å²) in [5.41, 5.74) is 4.86. The second-order valence-electron chi connectivity index (χ2n) is 12.2. The molecule has 6 rings (SSSR count). The van der Waals surface area contributed by atoms with Crippen molar-refractivity contribution in [2.24, 2.45) is 0 Å². The van der Waals surface area contributed by atoms with Gasteiger partial charge < -0.3 is 33.5 Å². The summed E-state index contributed by atoms with van der Waals surface area (Å²) < 4.78 is 38.8. The molecule has 7 heteroatoms.